The summed E-state index contributed by atoms with van der Waals surface area (Å²) >= 11 is 0. The van der Waals surface area contributed by atoms with E-state index in [-0.39, 0.29) is 11.9 Å². The zero-order valence-corrected chi connectivity index (χ0v) is 16.5. The lowest BCUT2D eigenvalue weighted by molar-refractivity contribution is 0.0947. The fraction of sp³-hybridized carbons (Fsp3) is 0.381. The van der Waals surface area contributed by atoms with Crippen molar-refractivity contribution in [3.8, 4) is 17.2 Å². The van der Waals surface area contributed by atoms with Crippen LogP contribution >= 0.6 is 0 Å². The van der Waals surface area contributed by atoms with E-state index in [0.717, 1.165) is 5.56 Å². The number of methoxy groups -OCH3 is 3. The number of carbonyl (C=O) groups excluding carboxylic acids is 1. The van der Waals surface area contributed by atoms with Gasteiger partial charge in [0.05, 0.1) is 26.9 Å². The number of amides is 1. The molecule has 0 saturated carbocycles. The molecule has 0 bridgehead atoms. The standard InChI is InChI=1S/C21H28N2O4/c1-13(2)14-6-8-15(9-7-14)17(22)12-23-21(24)16-10-11-18(25-3)20(27-5)19(16)26-4/h6-11,13,17H,12,22H2,1-5H3,(H,23,24). The van der Waals surface area contributed by atoms with Gasteiger partial charge in [-0.1, -0.05) is 38.1 Å². The summed E-state index contributed by atoms with van der Waals surface area (Å²) in [6.45, 7) is 4.59. The van der Waals surface area contributed by atoms with Crippen LogP contribution in [0.2, 0.25) is 0 Å². The first-order chi connectivity index (χ1) is 12.9. The van der Waals surface area contributed by atoms with Crippen molar-refractivity contribution in [2.24, 2.45) is 5.73 Å². The molecular formula is C21H28N2O4. The van der Waals surface area contributed by atoms with E-state index in [4.69, 9.17) is 19.9 Å². The van der Waals surface area contributed by atoms with Crippen LogP contribution in [0, 0.1) is 0 Å². The third-order valence-corrected chi connectivity index (χ3v) is 4.46. The van der Waals surface area contributed by atoms with Crippen LogP contribution in [0.1, 0.15) is 47.3 Å². The average Bonchev–Trinajstić information content (AvgIpc) is 2.70. The van der Waals surface area contributed by atoms with Crippen molar-refractivity contribution in [1.29, 1.82) is 0 Å². The van der Waals surface area contributed by atoms with E-state index >= 15 is 0 Å². The Hall–Kier alpha value is -2.73. The molecule has 0 spiro atoms. The Bertz CT molecular complexity index is 772. The van der Waals surface area contributed by atoms with Gasteiger partial charge in [-0.3, -0.25) is 4.79 Å². The predicted molar refractivity (Wildman–Crippen MR) is 106 cm³/mol. The summed E-state index contributed by atoms with van der Waals surface area (Å²) in [4.78, 5) is 12.6. The number of hydrogen-bond donors (Lipinski definition) is 2. The molecule has 2 aromatic rings. The number of hydrogen-bond acceptors (Lipinski definition) is 5. The molecule has 0 saturated heterocycles. The lowest BCUT2D eigenvalue weighted by Crippen LogP contribution is -2.32. The quantitative estimate of drug-likeness (QED) is 0.743. The van der Waals surface area contributed by atoms with Crippen LogP contribution in [-0.4, -0.2) is 33.8 Å². The first-order valence-corrected chi connectivity index (χ1v) is 8.85. The molecule has 0 aliphatic carbocycles. The SMILES string of the molecule is COc1ccc(C(=O)NCC(N)c2ccc(C(C)C)cc2)c(OC)c1OC. The Morgan fingerprint density at radius 1 is 0.926 bits per heavy atom. The van der Waals surface area contributed by atoms with Gasteiger partial charge in [0.1, 0.15) is 0 Å². The molecule has 0 fully saturated rings. The Balaban J connectivity index is 2.11. The molecule has 2 aromatic carbocycles. The number of nitrogens with two attached hydrogens (primary N) is 1. The van der Waals surface area contributed by atoms with Gasteiger partial charge in [0.2, 0.25) is 5.75 Å². The second-order valence-electron chi connectivity index (χ2n) is 6.52. The first-order valence-electron chi connectivity index (χ1n) is 8.85. The van der Waals surface area contributed by atoms with Gasteiger partial charge in [0.15, 0.2) is 11.5 Å². The van der Waals surface area contributed by atoms with Gasteiger partial charge in [-0.15, -0.1) is 0 Å². The van der Waals surface area contributed by atoms with Gasteiger partial charge in [-0.05, 0) is 29.2 Å². The molecule has 3 N–H and O–H groups in total. The highest BCUT2D eigenvalue weighted by atomic mass is 16.5. The monoisotopic (exact) mass is 372 g/mol. The third-order valence-electron chi connectivity index (χ3n) is 4.46. The molecule has 1 amide bonds. The summed E-state index contributed by atoms with van der Waals surface area (Å²) in [5.41, 5.74) is 8.81. The smallest absolute Gasteiger partial charge is 0.255 e. The zero-order valence-electron chi connectivity index (χ0n) is 16.5. The Labute approximate surface area is 160 Å². The van der Waals surface area contributed by atoms with Crippen LogP contribution in [0.15, 0.2) is 36.4 Å². The summed E-state index contributed by atoms with van der Waals surface area (Å²) in [5.74, 6) is 1.37. The van der Waals surface area contributed by atoms with Crippen molar-refractivity contribution in [3.05, 3.63) is 53.1 Å². The molecule has 0 radical (unpaired) electrons. The van der Waals surface area contributed by atoms with Gasteiger partial charge < -0.3 is 25.3 Å². The minimum atomic E-state index is -0.304. The maximum atomic E-state index is 12.6. The summed E-state index contributed by atoms with van der Waals surface area (Å²) < 4.78 is 15.9. The molecular weight excluding hydrogens is 344 g/mol. The van der Waals surface area contributed by atoms with Gasteiger partial charge >= 0.3 is 0 Å². The second-order valence-corrected chi connectivity index (χ2v) is 6.52. The summed E-state index contributed by atoms with van der Waals surface area (Å²) in [6, 6.07) is 11.1. The first kappa shape index (κ1) is 20.6. The van der Waals surface area contributed by atoms with E-state index in [1.807, 2.05) is 12.1 Å². The highest BCUT2D eigenvalue weighted by molar-refractivity contribution is 5.98. The maximum absolute atomic E-state index is 12.6. The Kier molecular flexibility index (Phi) is 7.07. The van der Waals surface area contributed by atoms with E-state index in [0.29, 0.717) is 35.3 Å². The van der Waals surface area contributed by atoms with Crippen LogP contribution < -0.4 is 25.3 Å². The van der Waals surface area contributed by atoms with E-state index in [9.17, 15) is 4.79 Å². The van der Waals surface area contributed by atoms with Crippen LogP contribution in [0.4, 0.5) is 0 Å². The molecule has 0 aliphatic heterocycles. The van der Waals surface area contributed by atoms with E-state index < -0.39 is 0 Å². The predicted octanol–water partition coefficient (Wildman–Crippen LogP) is 3.27. The number of nitrogens with one attached hydrogen (secondary N) is 1. The highest BCUT2D eigenvalue weighted by Gasteiger charge is 2.21. The van der Waals surface area contributed by atoms with Crippen molar-refractivity contribution in [3.63, 3.8) is 0 Å². The third kappa shape index (κ3) is 4.71. The average molecular weight is 372 g/mol. The van der Waals surface area contributed by atoms with Crippen LogP contribution in [0.5, 0.6) is 17.2 Å². The normalized spacial score (nSPS) is 11.8. The maximum Gasteiger partial charge on any atom is 0.255 e. The topological polar surface area (TPSA) is 82.8 Å². The lowest BCUT2D eigenvalue weighted by Gasteiger charge is -2.17. The van der Waals surface area contributed by atoms with Gasteiger partial charge in [-0.25, -0.2) is 0 Å². The molecule has 1 atom stereocenters. The Morgan fingerprint density at radius 2 is 1.52 bits per heavy atom. The van der Waals surface area contributed by atoms with Crippen molar-refractivity contribution in [1.82, 2.24) is 5.32 Å². The van der Waals surface area contributed by atoms with Crippen LogP contribution in [0.25, 0.3) is 0 Å². The molecule has 6 heteroatoms. The molecule has 6 nitrogen and oxygen atoms in total. The van der Waals surface area contributed by atoms with Crippen molar-refractivity contribution in [2.75, 3.05) is 27.9 Å². The molecule has 0 aromatic heterocycles. The number of rotatable bonds is 8. The largest absolute Gasteiger partial charge is 0.493 e. The fourth-order valence-electron chi connectivity index (χ4n) is 2.82. The molecule has 146 valence electrons. The highest BCUT2D eigenvalue weighted by Crippen LogP contribution is 2.39. The summed E-state index contributed by atoms with van der Waals surface area (Å²) in [5, 5.41) is 2.86. The fourth-order valence-corrected chi connectivity index (χ4v) is 2.82. The lowest BCUT2D eigenvalue weighted by atomic mass is 9.99. The summed E-state index contributed by atoms with van der Waals surface area (Å²) in [7, 11) is 4.51. The molecule has 1 unspecified atom stereocenters. The summed E-state index contributed by atoms with van der Waals surface area (Å²) in [6.07, 6.45) is 0. The van der Waals surface area contributed by atoms with E-state index in [1.54, 1.807) is 12.1 Å². The van der Waals surface area contributed by atoms with Crippen LogP contribution in [-0.2, 0) is 0 Å². The molecule has 0 heterocycles. The van der Waals surface area contributed by atoms with Crippen molar-refractivity contribution < 1.29 is 19.0 Å². The van der Waals surface area contributed by atoms with Crippen molar-refractivity contribution >= 4 is 5.91 Å². The van der Waals surface area contributed by atoms with Gasteiger partial charge in [0, 0.05) is 12.6 Å². The molecule has 0 aliphatic rings. The molecule has 27 heavy (non-hydrogen) atoms. The second kappa shape index (κ2) is 9.28. The van der Waals surface area contributed by atoms with E-state index in [2.05, 4.69) is 31.3 Å². The van der Waals surface area contributed by atoms with Crippen molar-refractivity contribution in [2.45, 2.75) is 25.8 Å². The molecule has 2 rings (SSSR count). The zero-order chi connectivity index (χ0) is 20.0. The number of ether oxygens (including phenoxy) is 3. The van der Waals surface area contributed by atoms with Gasteiger partial charge in [0.25, 0.3) is 5.91 Å². The number of carbonyl (C=O) groups is 1. The Morgan fingerprint density at radius 3 is 2.04 bits per heavy atom. The minimum Gasteiger partial charge on any atom is -0.493 e. The van der Waals surface area contributed by atoms with Crippen LogP contribution in [0.3, 0.4) is 0 Å². The van der Waals surface area contributed by atoms with E-state index in [1.165, 1.54) is 26.9 Å². The number of benzene rings is 2. The van der Waals surface area contributed by atoms with Gasteiger partial charge in [-0.2, -0.15) is 0 Å². The minimum absolute atomic E-state index is 0.290.